The van der Waals surface area contributed by atoms with Crippen LogP contribution in [0.2, 0.25) is 0 Å². The maximum absolute atomic E-state index is 10.9. The maximum atomic E-state index is 10.9. The number of benzene rings is 1. The molecule has 0 aliphatic rings. The van der Waals surface area contributed by atoms with Crippen LogP contribution in [0.1, 0.15) is 12.7 Å². The summed E-state index contributed by atoms with van der Waals surface area (Å²) < 4.78 is 29.4. The van der Waals surface area contributed by atoms with Crippen LogP contribution in [0, 0.1) is 0 Å². The fourth-order valence-electron chi connectivity index (χ4n) is 1.59. The van der Waals surface area contributed by atoms with Gasteiger partial charge in [0.05, 0.1) is 5.54 Å². The van der Waals surface area contributed by atoms with Crippen LogP contribution in [0.15, 0.2) is 45.4 Å². The largest absolute Gasteiger partial charge is 0.444 e. The van der Waals surface area contributed by atoms with Crippen LogP contribution in [0.4, 0.5) is 10.7 Å². The smallest absolute Gasteiger partial charge is 0.362 e. The molecule has 0 saturated heterocycles. The molecule has 0 radical (unpaired) electrons. The highest BCUT2D eigenvalue weighted by Crippen LogP contribution is 2.15. The minimum Gasteiger partial charge on any atom is -0.444 e. The van der Waals surface area contributed by atoms with E-state index >= 15 is 0 Å². The molecular formula is C14H15Cl2N5O4S. The molecule has 0 bridgehead atoms. The van der Waals surface area contributed by atoms with Crippen molar-refractivity contribution < 1.29 is 17.9 Å². The number of nitrogens with one attached hydrogen (secondary N) is 1. The Bertz CT molecular complexity index is 889. The first-order valence-electron chi connectivity index (χ1n) is 7.06. The van der Waals surface area contributed by atoms with Crippen LogP contribution >= 0.6 is 23.2 Å². The van der Waals surface area contributed by atoms with Gasteiger partial charge >= 0.3 is 16.5 Å². The Balaban J connectivity index is 0.000000273. The molecule has 1 aromatic carbocycles. The van der Waals surface area contributed by atoms with Gasteiger partial charge in [-0.25, -0.2) is 4.79 Å². The van der Waals surface area contributed by atoms with Gasteiger partial charge in [0.1, 0.15) is 11.6 Å². The van der Waals surface area contributed by atoms with Gasteiger partial charge in [-0.2, -0.15) is 13.4 Å². The molecule has 12 heteroatoms. The van der Waals surface area contributed by atoms with E-state index in [1.807, 2.05) is 25.1 Å². The van der Waals surface area contributed by atoms with Gasteiger partial charge < -0.3 is 4.74 Å². The van der Waals surface area contributed by atoms with Crippen molar-refractivity contribution in [2.24, 2.45) is 11.4 Å². The molecule has 1 heterocycles. The van der Waals surface area contributed by atoms with E-state index in [0.717, 1.165) is 0 Å². The minimum atomic E-state index is -2.77. The average molecular weight is 420 g/mol. The van der Waals surface area contributed by atoms with Crippen molar-refractivity contribution >= 4 is 45.7 Å². The van der Waals surface area contributed by atoms with Crippen molar-refractivity contribution in [2.45, 2.75) is 13.3 Å². The summed E-state index contributed by atoms with van der Waals surface area (Å²) in [5.74, 6) is 1.39. The summed E-state index contributed by atoms with van der Waals surface area (Å²) in [4.78, 5) is 14.8. The number of amides is 2. The molecule has 0 aliphatic carbocycles. The summed E-state index contributed by atoms with van der Waals surface area (Å²) in [6.45, 7) is 1.88. The molecular weight excluding hydrogens is 405 g/mol. The molecule has 140 valence electrons. The Kier molecular flexibility index (Phi) is 9.34. The van der Waals surface area contributed by atoms with Gasteiger partial charge in [0.15, 0.2) is 0 Å². The van der Waals surface area contributed by atoms with Crippen LogP contribution in [0.5, 0.6) is 5.75 Å². The third-order valence-electron chi connectivity index (χ3n) is 2.59. The fraction of sp³-hybridized carbons (Fsp3) is 0.214. The number of urea groups is 1. The van der Waals surface area contributed by atoms with Crippen molar-refractivity contribution in [2.75, 3.05) is 5.32 Å². The summed E-state index contributed by atoms with van der Waals surface area (Å²) in [5, 5.41) is 6.13. The number of para-hydroxylation sites is 1. The highest BCUT2D eigenvalue weighted by atomic mass is 35.5. The average Bonchev–Trinajstić information content (AvgIpc) is 2.94. The molecule has 26 heavy (non-hydrogen) atoms. The predicted octanol–water partition coefficient (Wildman–Crippen LogP) is 3.31. The van der Waals surface area contributed by atoms with Gasteiger partial charge in [-0.3, -0.25) is 10.00 Å². The molecule has 0 aliphatic heterocycles. The topological polar surface area (TPSA) is 116 Å². The third-order valence-corrected chi connectivity index (χ3v) is 3.40. The number of hydrogen-bond donors (Lipinski definition) is 1. The first-order valence-corrected chi connectivity index (χ1v) is 8.91. The maximum Gasteiger partial charge on any atom is 0.362 e. The summed E-state index contributed by atoms with van der Waals surface area (Å²) in [5.41, 5.74) is 1.18. The van der Waals surface area contributed by atoms with E-state index < -0.39 is 16.5 Å². The zero-order valence-corrected chi connectivity index (χ0v) is 16.1. The van der Waals surface area contributed by atoms with Gasteiger partial charge in [-0.1, -0.05) is 41.1 Å². The van der Waals surface area contributed by atoms with E-state index in [0.29, 0.717) is 18.0 Å². The molecule has 2 aromatic rings. The number of rotatable bonds is 4. The highest BCUT2D eigenvalue weighted by Gasteiger charge is 2.08. The van der Waals surface area contributed by atoms with Gasteiger partial charge in [0.25, 0.3) is 5.95 Å². The van der Waals surface area contributed by atoms with E-state index in [4.69, 9.17) is 27.9 Å². The van der Waals surface area contributed by atoms with Crippen LogP contribution < -0.4 is 10.1 Å². The van der Waals surface area contributed by atoms with E-state index in [9.17, 15) is 13.2 Å². The summed E-state index contributed by atoms with van der Waals surface area (Å²) >= 11 is 10.8. The molecule has 0 saturated carbocycles. The van der Waals surface area contributed by atoms with E-state index in [2.05, 4.69) is 19.8 Å². The third kappa shape index (κ3) is 8.10. The number of carbonyl (C=O) groups excluding carboxylic acids is 1. The summed E-state index contributed by atoms with van der Waals surface area (Å²) in [6, 6.07) is 8.18. The molecule has 1 N–H and O–H groups in total. The Morgan fingerprint density at radius 3 is 2.54 bits per heavy atom. The quantitative estimate of drug-likeness (QED) is 0.759. The Morgan fingerprint density at radius 1 is 1.38 bits per heavy atom. The standard InChI is InChI=1S/C8H6Cl2O.C6H9N5O3S/c9-6-8(10)11-7-4-2-1-3-5-7;1-3-4-7-5(9-11(4)2)8-6(12)10-15(13)14/h1-6H;3H2,1-2H3,(H,8,9,12). The lowest BCUT2D eigenvalue weighted by molar-refractivity contribution is 0.259. The van der Waals surface area contributed by atoms with Crippen molar-refractivity contribution in [3.8, 4) is 5.75 Å². The van der Waals surface area contributed by atoms with E-state index in [1.54, 1.807) is 19.2 Å². The van der Waals surface area contributed by atoms with Crippen LogP contribution in [-0.2, 0) is 24.0 Å². The number of nitrogens with zero attached hydrogens (tertiary/aromatic N) is 4. The lowest BCUT2D eigenvalue weighted by Crippen LogP contribution is -2.07. The lowest BCUT2D eigenvalue weighted by Gasteiger charge is -2.00. The SMILES string of the molecule is CCc1nc(NC(=O)N=S(=O)=O)nn1C.ClC=C(Cl)Oc1ccccc1. The minimum absolute atomic E-state index is 0.0357. The molecule has 0 unspecified atom stereocenters. The number of ether oxygens (including phenoxy) is 1. The predicted molar refractivity (Wildman–Crippen MR) is 97.6 cm³/mol. The number of hydrogen-bond acceptors (Lipinski definition) is 6. The van der Waals surface area contributed by atoms with E-state index in [-0.39, 0.29) is 11.2 Å². The van der Waals surface area contributed by atoms with Crippen molar-refractivity contribution in [1.29, 1.82) is 0 Å². The fourth-order valence-corrected chi connectivity index (χ4v) is 1.90. The van der Waals surface area contributed by atoms with Crippen molar-refractivity contribution in [3.05, 3.63) is 46.9 Å². The first-order chi connectivity index (χ1) is 12.3. The van der Waals surface area contributed by atoms with E-state index in [1.165, 1.54) is 10.2 Å². The molecule has 1 aromatic heterocycles. The molecule has 0 spiro atoms. The van der Waals surface area contributed by atoms with Gasteiger partial charge in [0, 0.05) is 13.5 Å². The monoisotopic (exact) mass is 419 g/mol. The second-order valence-electron chi connectivity index (χ2n) is 4.40. The molecule has 2 amide bonds. The first kappa shape index (κ1) is 21.6. The van der Waals surface area contributed by atoms with Gasteiger partial charge in [0.2, 0.25) is 5.22 Å². The molecule has 9 nitrogen and oxygen atoms in total. The van der Waals surface area contributed by atoms with Crippen LogP contribution in [0.3, 0.4) is 0 Å². The zero-order valence-electron chi connectivity index (χ0n) is 13.8. The van der Waals surface area contributed by atoms with Crippen LogP contribution in [-0.4, -0.2) is 29.2 Å². The van der Waals surface area contributed by atoms with Crippen LogP contribution in [0.25, 0.3) is 0 Å². The molecule has 0 atom stereocenters. The second-order valence-corrected chi connectivity index (χ2v) is 5.60. The summed E-state index contributed by atoms with van der Waals surface area (Å²) in [7, 11) is -1.10. The van der Waals surface area contributed by atoms with Crippen molar-refractivity contribution in [3.63, 3.8) is 0 Å². The highest BCUT2D eigenvalue weighted by molar-refractivity contribution is 7.62. The number of aryl methyl sites for hydroxylation is 2. The van der Waals surface area contributed by atoms with Gasteiger partial charge in [-0.05, 0) is 23.7 Å². The second kappa shape index (κ2) is 11.2. The number of anilines is 1. The lowest BCUT2D eigenvalue weighted by atomic mass is 10.3. The Morgan fingerprint density at radius 2 is 2.04 bits per heavy atom. The number of halogens is 2. The number of carbonyl (C=O) groups is 1. The van der Waals surface area contributed by atoms with Gasteiger partial charge in [-0.15, -0.1) is 5.10 Å². The molecule has 2 rings (SSSR count). The summed E-state index contributed by atoms with van der Waals surface area (Å²) in [6.07, 6.45) is 0.657. The Hall–Kier alpha value is -2.43. The normalized spacial score (nSPS) is 10.4. The Labute approximate surface area is 161 Å². The number of aromatic nitrogens is 3. The molecule has 0 fully saturated rings. The zero-order chi connectivity index (χ0) is 19.5. The van der Waals surface area contributed by atoms with Crippen molar-refractivity contribution in [1.82, 2.24) is 14.8 Å².